The Morgan fingerprint density at radius 2 is 1.55 bits per heavy atom. The molecule has 0 spiro atoms. The number of carbonyl (C=O) groups is 2. The van der Waals surface area contributed by atoms with Crippen molar-refractivity contribution in [2.75, 3.05) is 26.2 Å². The van der Waals surface area contributed by atoms with Gasteiger partial charge in [0.1, 0.15) is 0 Å². The predicted octanol–water partition coefficient (Wildman–Crippen LogP) is 1.18. The van der Waals surface area contributed by atoms with Crippen LogP contribution < -0.4 is 0 Å². The van der Waals surface area contributed by atoms with E-state index < -0.39 is 5.97 Å². The standard InChI is InChI=1S/C15H24N2O3/c18-14(11-2-1-3-12(10-11)15(19)20)17-8-6-16(7-9-17)13-4-5-13/h11-13H,1-10H2,(H,19,20). The number of amides is 1. The number of carboxylic acid groups (broad SMARTS) is 1. The van der Waals surface area contributed by atoms with Crippen molar-refractivity contribution >= 4 is 11.9 Å². The Hall–Kier alpha value is -1.10. The molecule has 3 fully saturated rings. The maximum absolute atomic E-state index is 12.5. The van der Waals surface area contributed by atoms with Crippen LogP contribution >= 0.6 is 0 Å². The van der Waals surface area contributed by atoms with E-state index in [0.717, 1.165) is 51.5 Å². The summed E-state index contributed by atoms with van der Waals surface area (Å²) < 4.78 is 0. The van der Waals surface area contributed by atoms with Gasteiger partial charge in [-0.3, -0.25) is 14.5 Å². The second-order valence-corrected chi connectivity index (χ2v) is 6.49. The van der Waals surface area contributed by atoms with Gasteiger partial charge in [0.2, 0.25) is 5.91 Å². The summed E-state index contributed by atoms with van der Waals surface area (Å²) in [5, 5.41) is 9.12. The monoisotopic (exact) mass is 280 g/mol. The SMILES string of the molecule is O=C(O)C1CCCC(C(=O)N2CCN(C3CC3)CC2)C1. The fraction of sp³-hybridized carbons (Fsp3) is 0.867. The van der Waals surface area contributed by atoms with E-state index in [2.05, 4.69) is 4.90 Å². The Kier molecular flexibility index (Phi) is 3.96. The topological polar surface area (TPSA) is 60.9 Å². The van der Waals surface area contributed by atoms with Crippen LogP contribution in [-0.2, 0) is 9.59 Å². The van der Waals surface area contributed by atoms with Gasteiger partial charge >= 0.3 is 5.97 Å². The van der Waals surface area contributed by atoms with Crippen LogP contribution in [0, 0.1) is 11.8 Å². The molecule has 0 radical (unpaired) electrons. The minimum atomic E-state index is -0.735. The molecule has 1 saturated heterocycles. The Morgan fingerprint density at radius 3 is 2.15 bits per heavy atom. The largest absolute Gasteiger partial charge is 0.481 e. The quantitative estimate of drug-likeness (QED) is 0.843. The molecule has 1 amide bonds. The van der Waals surface area contributed by atoms with Crippen molar-refractivity contribution in [2.45, 2.75) is 44.6 Å². The second-order valence-electron chi connectivity index (χ2n) is 6.49. The summed E-state index contributed by atoms with van der Waals surface area (Å²) in [7, 11) is 0. The van der Waals surface area contributed by atoms with E-state index in [-0.39, 0.29) is 17.7 Å². The van der Waals surface area contributed by atoms with Gasteiger partial charge in [-0.2, -0.15) is 0 Å². The third-order valence-electron chi connectivity index (χ3n) is 5.06. The summed E-state index contributed by atoms with van der Waals surface area (Å²) in [5.41, 5.74) is 0. The summed E-state index contributed by atoms with van der Waals surface area (Å²) in [4.78, 5) is 28.1. The van der Waals surface area contributed by atoms with Crippen LogP contribution in [0.1, 0.15) is 38.5 Å². The van der Waals surface area contributed by atoms with E-state index in [4.69, 9.17) is 5.11 Å². The first kappa shape index (κ1) is 13.9. The second kappa shape index (κ2) is 5.72. The van der Waals surface area contributed by atoms with E-state index in [9.17, 15) is 9.59 Å². The van der Waals surface area contributed by atoms with Crippen molar-refractivity contribution in [2.24, 2.45) is 11.8 Å². The summed E-state index contributed by atoms with van der Waals surface area (Å²) in [6, 6.07) is 0.776. The van der Waals surface area contributed by atoms with Gasteiger partial charge < -0.3 is 10.0 Å². The smallest absolute Gasteiger partial charge is 0.306 e. The Labute approximate surface area is 119 Å². The molecule has 5 heteroatoms. The molecular weight excluding hydrogens is 256 g/mol. The molecule has 2 atom stereocenters. The van der Waals surface area contributed by atoms with Crippen LogP contribution in [0.5, 0.6) is 0 Å². The van der Waals surface area contributed by atoms with Gasteiger partial charge in [-0.05, 0) is 32.1 Å². The van der Waals surface area contributed by atoms with Gasteiger partial charge in [0.15, 0.2) is 0 Å². The molecule has 1 N–H and O–H groups in total. The highest BCUT2D eigenvalue weighted by Crippen LogP contribution is 2.32. The molecule has 3 aliphatic rings. The minimum Gasteiger partial charge on any atom is -0.481 e. The number of carbonyl (C=O) groups excluding carboxylic acids is 1. The predicted molar refractivity (Wildman–Crippen MR) is 74.3 cm³/mol. The van der Waals surface area contributed by atoms with Crippen LogP contribution in [0.4, 0.5) is 0 Å². The Balaban J connectivity index is 1.52. The van der Waals surface area contributed by atoms with Crippen LogP contribution in [0.25, 0.3) is 0 Å². The average Bonchev–Trinajstić information content (AvgIpc) is 3.31. The summed E-state index contributed by atoms with van der Waals surface area (Å²) >= 11 is 0. The number of nitrogens with zero attached hydrogens (tertiary/aromatic N) is 2. The average molecular weight is 280 g/mol. The van der Waals surface area contributed by atoms with Gasteiger partial charge in [-0.1, -0.05) is 6.42 Å². The highest BCUT2D eigenvalue weighted by atomic mass is 16.4. The normalized spacial score (nSPS) is 32.1. The van der Waals surface area contributed by atoms with Crippen molar-refractivity contribution in [3.63, 3.8) is 0 Å². The number of piperazine rings is 1. The molecule has 5 nitrogen and oxygen atoms in total. The van der Waals surface area contributed by atoms with E-state index >= 15 is 0 Å². The number of hydrogen-bond acceptors (Lipinski definition) is 3. The molecular formula is C15H24N2O3. The minimum absolute atomic E-state index is 0.0580. The van der Waals surface area contributed by atoms with Crippen molar-refractivity contribution in [3.05, 3.63) is 0 Å². The first-order chi connectivity index (χ1) is 9.65. The zero-order chi connectivity index (χ0) is 14.1. The molecule has 0 aromatic carbocycles. The van der Waals surface area contributed by atoms with E-state index in [1.165, 1.54) is 12.8 Å². The van der Waals surface area contributed by atoms with Gasteiger partial charge in [0.05, 0.1) is 5.92 Å². The molecule has 112 valence electrons. The summed E-state index contributed by atoms with van der Waals surface area (Å²) in [6.45, 7) is 3.63. The number of aliphatic carboxylic acids is 1. The zero-order valence-corrected chi connectivity index (χ0v) is 12.0. The van der Waals surface area contributed by atoms with Crippen LogP contribution in [0.2, 0.25) is 0 Å². The van der Waals surface area contributed by atoms with E-state index in [1.807, 2.05) is 4.90 Å². The van der Waals surface area contributed by atoms with Gasteiger partial charge in [-0.15, -0.1) is 0 Å². The van der Waals surface area contributed by atoms with Crippen molar-refractivity contribution in [1.82, 2.24) is 9.80 Å². The molecule has 20 heavy (non-hydrogen) atoms. The van der Waals surface area contributed by atoms with E-state index in [1.54, 1.807) is 0 Å². The molecule has 0 aromatic rings. The number of rotatable bonds is 3. The molecule has 0 bridgehead atoms. The lowest BCUT2D eigenvalue weighted by molar-refractivity contribution is -0.146. The van der Waals surface area contributed by atoms with Crippen molar-refractivity contribution in [1.29, 1.82) is 0 Å². The lowest BCUT2D eigenvalue weighted by Crippen LogP contribution is -2.51. The van der Waals surface area contributed by atoms with Crippen molar-refractivity contribution in [3.8, 4) is 0 Å². The zero-order valence-electron chi connectivity index (χ0n) is 12.0. The first-order valence-corrected chi connectivity index (χ1v) is 7.91. The molecule has 1 heterocycles. The Bertz CT molecular complexity index is 387. The third kappa shape index (κ3) is 2.97. The number of carboxylic acids is 1. The fourth-order valence-corrected chi connectivity index (χ4v) is 3.64. The highest BCUT2D eigenvalue weighted by molar-refractivity contribution is 5.80. The molecule has 2 aliphatic carbocycles. The maximum Gasteiger partial charge on any atom is 0.306 e. The molecule has 1 aliphatic heterocycles. The summed E-state index contributed by atoms with van der Waals surface area (Å²) in [5.74, 6) is -0.907. The fourth-order valence-electron chi connectivity index (χ4n) is 3.64. The molecule has 3 rings (SSSR count). The number of hydrogen-bond donors (Lipinski definition) is 1. The highest BCUT2D eigenvalue weighted by Gasteiger charge is 2.36. The van der Waals surface area contributed by atoms with Crippen LogP contribution in [-0.4, -0.2) is 59.0 Å². The Morgan fingerprint density at radius 1 is 0.900 bits per heavy atom. The van der Waals surface area contributed by atoms with Gasteiger partial charge in [0, 0.05) is 38.1 Å². The van der Waals surface area contributed by atoms with Crippen LogP contribution in [0.3, 0.4) is 0 Å². The van der Waals surface area contributed by atoms with Gasteiger partial charge in [-0.25, -0.2) is 0 Å². The van der Waals surface area contributed by atoms with Crippen molar-refractivity contribution < 1.29 is 14.7 Å². The maximum atomic E-state index is 12.5. The lowest BCUT2D eigenvalue weighted by atomic mass is 9.80. The molecule has 2 saturated carbocycles. The van der Waals surface area contributed by atoms with Crippen LogP contribution in [0.15, 0.2) is 0 Å². The lowest BCUT2D eigenvalue weighted by Gasteiger charge is -2.37. The molecule has 2 unspecified atom stereocenters. The van der Waals surface area contributed by atoms with Gasteiger partial charge in [0.25, 0.3) is 0 Å². The third-order valence-corrected chi connectivity index (χ3v) is 5.06. The molecule has 0 aromatic heterocycles. The summed E-state index contributed by atoms with van der Waals surface area (Å²) in [6.07, 6.45) is 5.64. The first-order valence-electron chi connectivity index (χ1n) is 7.91. The van der Waals surface area contributed by atoms with E-state index in [0.29, 0.717) is 6.42 Å².